The van der Waals surface area contributed by atoms with Gasteiger partial charge in [-0.25, -0.2) is 4.98 Å². The van der Waals surface area contributed by atoms with Crippen LogP contribution in [-0.2, 0) is 23.8 Å². The molecule has 0 bridgehead atoms. The van der Waals surface area contributed by atoms with Crippen LogP contribution in [0.5, 0.6) is 0 Å². The third-order valence-corrected chi connectivity index (χ3v) is 5.12. The minimum atomic E-state index is -4.58. The van der Waals surface area contributed by atoms with Crippen LogP contribution in [-0.4, -0.2) is 15.3 Å². The summed E-state index contributed by atoms with van der Waals surface area (Å²) >= 11 is 5.62. The van der Waals surface area contributed by atoms with Crippen LogP contribution in [0.15, 0.2) is 42.6 Å². The molecule has 140 valence electrons. The molecule has 1 aliphatic carbocycles. The number of anilines is 1. The Morgan fingerprint density at radius 3 is 2.85 bits per heavy atom. The lowest BCUT2D eigenvalue weighted by Gasteiger charge is -2.21. The van der Waals surface area contributed by atoms with E-state index in [4.69, 9.17) is 11.6 Å². The van der Waals surface area contributed by atoms with Gasteiger partial charge in [-0.15, -0.1) is 0 Å². The van der Waals surface area contributed by atoms with E-state index in [1.54, 1.807) is 0 Å². The molecule has 0 spiro atoms. The fourth-order valence-electron chi connectivity index (χ4n) is 3.45. The number of pyridine rings is 1. The van der Waals surface area contributed by atoms with Crippen molar-refractivity contribution >= 4 is 28.8 Å². The van der Waals surface area contributed by atoms with Gasteiger partial charge in [0.2, 0.25) is 5.91 Å². The Morgan fingerprint density at radius 2 is 2.07 bits per heavy atom. The van der Waals surface area contributed by atoms with Crippen molar-refractivity contribution in [2.24, 2.45) is 5.92 Å². The molecule has 2 heterocycles. The number of carbonyl (C=O) groups excluding carboxylic acids is 1. The lowest BCUT2D eigenvalue weighted by atomic mass is 9.89. The summed E-state index contributed by atoms with van der Waals surface area (Å²) < 4.78 is 40.9. The normalized spacial score (nSPS) is 17.0. The number of rotatable bonds is 2. The van der Waals surface area contributed by atoms with E-state index < -0.39 is 16.8 Å². The van der Waals surface area contributed by atoms with Crippen LogP contribution in [0.2, 0.25) is 5.02 Å². The third-order valence-electron chi connectivity index (χ3n) is 4.79. The van der Waals surface area contributed by atoms with Gasteiger partial charge in [-0.3, -0.25) is 4.79 Å². The molecule has 0 radical (unpaired) electrons. The SMILES string of the molecule is O=C(Nc1ccc(Cl)c(C(F)(F)F)c1)C1CCc2nc3ccccn3c2C1. The Hall–Kier alpha value is -2.54. The summed E-state index contributed by atoms with van der Waals surface area (Å²) in [7, 11) is 0. The number of carbonyl (C=O) groups is 1. The summed E-state index contributed by atoms with van der Waals surface area (Å²) in [6, 6.07) is 9.08. The number of nitrogens with zero attached hydrogens (tertiary/aromatic N) is 2. The highest BCUT2D eigenvalue weighted by atomic mass is 35.5. The summed E-state index contributed by atoms with van der Waals surface area (Å²) in [5.41, 5.74) is 1.90. The van der Waals surface area contributed by atoms with Gasteiger partial charge in [0.15, 0.2) is 0 Å². The highest BCUT2D eigenvalue weighted by Gasteiger charge is 2.34. The Morgan fingerprint density at radius 1 is 1.26 bits per heavy atom. The van der Waals surface area contributed by atoms with Gasteiger partial charge >= 0.3 is 6.18 Å². The van der Waals surface area contributed by atoms with E-state index >= 15 is 0 Å². The molecule has 1 aromatic carbocycles. The van der Waals surface area contributed by atoms with Crippen molar-refractivity contribution in [1.82, 2.24) is 9.38 Å². The number of imidazole rings is 1. The zero-order valence-corrected chi connectivity index (χ0v) is 14.8. The van der Waals surface area contributed by atoms with Crippen molar-refractivity contribution in [3.05, 3.63) is 64.6 Å². The van der Waals surface area contributed by atoms with Crippen molar-refractivity contribution in [2.75, 3.05) is 5.32 Å². The average molecular weight is 394 g/mol. The van der Waals surface area contributed by atoms with Gasteiger partial charge in [0, 0.05) is 29.9 Å². The molecular weight excluding hydrogens is 379 g/mol. The number of amides is 1. The topological polar surface area (TPSA) is 46.4 Å². The smallest absolute Gasteiger partial charge is 0.326 e. The monoisotopic (exact) mass is 393 g/mol. The highest BCUT2D eigenvalue weighted by Crippen LogP contribution is 2.36. The van der Waals surface area contributed by atoms with Gasteiger partial charge in [0.05, 0.1) is 16.3 Å². The number of hydrogen-bond acceptors (Lipinski definition) is 2. The van der Waals surface area contributed by atoms with E-state index in [2.05, 4.69) is 10.3 Å². The quantitative estimate of drug-likeness (QED) is 0.683. The number of aryl methyl sites for hydroxylation is 1. The first-order valence-electron chi connectivity index (χ1n) is 8.45. The second-order valence-corrected chi connectivity index (χ2v) is 6.96. The van der Waals surface area contributed by atoms with Gasteiger partial charge in [-0.2, -0.15) is 13.2 Å². The molecule has 1 atom stereocenters. The largest absolute Gasteiger partial charge is 0.417 e. The second-order valence-electron chi connectivity index (χ2n) is 6.56. The Balaban J connectivity index is 1.55. The van der Waals surface area contributed by atoms with Gasteiger partial charge in [0.25, 0.3) is 0 Å². The van der Waals surface area contributed by atoms with Crippen molar-refractivity contribution in [3.8, 4) is 0 Å². The predicted molar refractivity (Wildman–Crippen MR) is 95.8 cm³/mol. The van der Waals surface area contributed by atoms with Crippen LogP contribution in [0.25, 0.3) is 5.65 Å². The summed E-state index contributed by atoms with van der Waals surface area (Å²) in [6.45, 7) is 0. The molecule has 0 fully saturated rings. The zero-order valence-electron chi connectivity index (χ0n) is 14.1. The lowest BCUT2D eigenvalue weighted by molar-refractivity contribution is -0.137. The van der Waals surface area contributed by atoms with Gasteiger partial charge in [-0.1, -0.05) is 17.7 Å². The van der Waals surface area contributed by atoms with Crippen LogP contribution < -0.4 is 5.32 Å². The number of benzene rings is 1. The number of aromatic nitrogens is 2. The molecule has 2 aromatic heterocycles. The number of hydrogen-bond donors (Lipinski definition) is 1. The van der Waals surface area contributed by atoms with Crippen molar-refractivity contribution in [3.63, 3.8) is 0 Å². The molecule has 1 N–H and O–H groups in total. The number of alkyl halides is 3. The maximum absolute atomic E-state index is 13.0. The standard InChI is InChI=1S/C19H15ClF3N3O/c20-14-6-5-12(10-13(14)19(21,22)23)24-18(27)11-4-7-15-16(9-11)26-8-2-1-3-17(26)25-15/h1-3,5-6,8,10-11H,4,7,9H2,(H,24,27). The molecule has 1 aliphatic rings. The second kappa shape index (κ2) is 6.56. The zero-order chi connectivity index (χ0) is 19.2. The minimum absolute atomic E-state index is 0.0839. The van der Waals surface area contributed by atoms with E-state index in [1.165, 1.54) is 6.07 Å². The Bertz CT molecular complexity index is 1030. The maximum atomic E-state index is 13.0. The molecular formula is C19H15ClF3N3O. The number of halogens is 4. The minimum Gasteiger partial charge on any atom is -0.326 e. The third kappa shape index (κ3) is 3.39. The molecule has 27 heavy (non-hydrogen) atoms. The number of nitrogens with one attached hydrogen (secondary N) is 1. The fraction of sp³-hybridized carbons (Fsp3) is 0.263. The summed E-state index contributed by atoms with van der Waals surface area (Å²) in [5, 5.41) is 2.20. The van der Waals surface area contributed by atoms with Crippen molar-refractivity contribution < 1.29 is 18.0 Å². The average Bonchev–Trinajstić information content (AvgIpc) is 3.00. The van der Waals surface area contributed by atoms with Crippen molar-refractivity contribution in [1.29, 1.82) is 0 Å². The Kier molecular flexibility index (Phi) is 4.34. The molecule has 3 aromatic rings. The summed E-state index contributed by atoms with van der Waals surface area (Å²) in [6.07, 6.45) is -0.928. The van der Waals surface area contributed by atoms with E-state index in [-0.39, 0.29) is 17.5 Å². The highest BCUT2D eigenvalue weighted by molar-refractivity contribution is 6.31. The van der Waals surface area contributed by atoms with Crippen LogP contribution >= 0.6 is 11.6 Å². The number of fused-ring (bicyclic) bond motifs is 3. The maximum Gasteiger partial charge on any atom is 0.417 e. The summed E-state index contributed by atoms with van der Waals surface area (Å²) in [4.78, 5) is 17.2. The first-order chi connectivity index (χ1) is 12.8. The van der Waals surface area contributed by atoms with E-state index in [0.717, 1.165) is 29.2 Å². The van der Waals surface area contributed by atoms with Crippen LogP contribution in [0.3, 0.4) is 0 Å². The molecule has 1 amide bonds. The predicted octanol–water partition coefficient (Wildman–Crippen LogP) is 4.75. The fourth-order valence-corrected chi connectivity index (χ4v) is 3.67. The molecule has 1 unspecified atom stereocenters. The van der Waals surface area contributed by atoms with Crippen LogP contribution in [0.4, 0.5) is 18.9 Å². The first-order valence-corrected chi connectivity index (χ1v) is 8.83. The van der Waals surface area contributed by atoms with Crippen LogP contribution in [0, 0.1) is 5.92 Å². The molecule has 4 rings (SSSR count). The molecule has 0 saturated carbocycles. The molecule has 4 nitrogen and oxygen atoms in total. The van der Waals surface area contributed by atoms with Gasteiger partial charge in [-0.05, 0) is 43.2 Å². The van der Waals surface area contributed by atoms with Gasteiger partial charge < -0.3 is 9.72 Å². The van der Waals surface area contributed by atoms with Crippen LogP contribution in [0.1, 0.15) is 23.4 Å². The van der Waals surface area contributed by atoms with Gasteiger partial charge in [0.1, 0.15) is 5.65 Å². The van der Waals surface area contributed by atoms with Crippen molar-refractivity contribution in [2.45, 2.75) is 25.4 Å². The molecule has 8 heteroatoms. The lowest BCUT2D eigenvalue weighted by Crippen LogP contribution is -2.28. The van der Waals surface area contributed by atoms with E-state index in [9.17, 15) is 18.0 Å². The first kappa shape index (κ1) is 17.9. The Labute approximate surface area is 158 Å². The molecule has 0 aliphatic heterocycles. The summed E-state index contributed by atoms with van der Waals surface area (Å²) in [5.74, 6) is -0.635. The van der Waals surface area contributed by atoms with E-state index in [0.29, 0.717) is 19.3 Å². The molecule has 0 saturated heterocycles. The van der Waals surface area contributed by atoms with E-state index in [1.807, 2.05) is 28.8 Å².